The molecule has 1 N–H and O–H groups in total. The Balaban J connectivity index is 2.00. The normalized spacial score (nSPS) is 11.2. The number of aromatic carboxylic acids is 1. The van der Waals surface area contributed by atoms with E-state index in [0.29, 0.717) is 22.8 Å². The Hall–Kier alpha value is -3.19. The molecule has 6 nitrogen and oxygen atoms in total. The summed E-state index contributed by atoms with van der Waals surface area (Å²) in [5, 5.41) is 9.40. The molecule has 0 atom stereocenters. The summed E-state index contributed by atoms with van der Waals surface area (Å²) in [6, 6.07) is 14.3. The standard InChI is InChI=1S/C20H17NO5S/c1-13-4-3-9-21-19(13)14-10-15(20(22)23)12-17(11-14)26-16-5-7-18(8-6-16)27(2,24)25/h3-12H,1-2H3,(H,22,23). The van der Waals surface area contributed by atoms with Gasteiger partial charge in [0.15, 0.2) is 9.84 Å². The highest BCUT2D eigenvalue weighted by molar-refractivity contribution is 7.90. The van der Waals surface area contributed by atoms with Crippen molar-refractivity contribution in [1.29, 1.82) is 0 Å². The summed E-state index contributed by atoms with van der Waals surface area (Å²) < 4.78 is 28.8. The van der Waals surface area contributed by atoms with Crippen molar-refractivity contribution in [2.75, 3.05) is 6.26 Å². The van der Waals surface area contributed by atoms with Gasteiger partial charge in [0, 0.05) is 18.0 Å². The van der Waals surface area contributed by atoms with Crippen molar-refractivity contribution < 1.29 is 23.1 Å². The average Bonchev–Trinajstić information content (AvgIpc) is 2.61. The van der Waals surface area contributed by atoms with Crippen molar-refractivity contribution in [2.24, 2.45) is 0 Å². The van der Waals surface area contributed by atoms with Crippen LogP contribution < -0.4 is 4.74 Å². The van der Waals surface area contributed by atoms with Gasteiger partial charge < -0.3 is 9.84 Å². The Morgan fingerprint density at radius 2 is 1.74 bits per heavy atom. The Bertz CT molecular complexity index is 1110. The van der Waals surface area contributed by atoms with Crippen LogP contribution in [0, 0.1) is 6.92 Å². The zero-order valence-electron chi connectivity index (χ0n) is 14.7. The Morgan fingerprint density at radius 3 is 2.33 bits per heavy atom. The van der Waals surface area contributed by atoms with Gasteiger partial charge in [-0.3, -0.25) is 4.98 Å². The highest BCUT2D eigenvalue weighted by Crippen LogP contribution is 2.30. The highest BCUT2D eigenvalue weighted by Gasteiger charge is 2.13. The molecular formula is C20H17NO5S. The quantitative estimate of drug-likeness (QED) is 0.717. The first kappa shape index (κ1) is 18.6. The smallest absolute Gasteiger partial charge is 0.335 e. The molecule has 0 aliphatic heterocycles. The van der Waals surface area contributed by atoms with Crippen LogP contribution in [0.5, 0.6) is 11.5 Å². The maximum atomic E-state index is 11.5. The molecule has 0 saturated heterocycles. The SMILES string of the molecule is Cc1cccnc1-c1cc(Oc2ccc(S(C)(=O)=O)cc2)cc(C(=O)O)c1. The van der Waals surface area contributed by atoms with E-state index in [-0.39, 0.29) is 10.5 Å². The maximum absolute atomic E-state index is 11.5. The molecule has 27 heavy (non-hydrogen) atoms. The van der Waals surface area contributed by atoms with Crippen molar-refractivity contribution in [3.63, 3.8) is 0 Å². The van der Waals surface area contributed by atoms with Gasteiger partial charge in [0.2, 0.25) is 0 Å². The van der Waals surface area contributed by atoms with Crippen LogP contribution in [0.2, 0.25) is 0 Å². The first-order chi connectivity index (χ1) is 12.7. The predicted octanol–water partition coefficient (Wildman–Crippen LogP) is 3.95. The first-order valence-corrected chi connectivity index (χ1v) is 9.91. The molecule has 3 aromatic rings. The fourth-order valence-corrected chi connectivity index (χ4v) is 3.23. The lowest BCUT2D eigenvalue weighted by molar-refractivity contribution is 0.0696. The number of carboxylic acids is 1. The number of ether oxygens (including phenoxy) is 1. The molecule has 7 heteroatoms. The van der Waals surface area contributed by atoms with Crippen LogP contribution in [0.3, 0.4) is 0 Å². The Morgan fingerprint density at radius 1 is 1.04 bits per heavy atom. The molecule has 0 saturated carbocycles. The van der Waals surface area contributed by atoms with E-state index in [1.165, 1.54) is 36.4 Å². The van der Waals surface area contributed by atoms with Gasteiger partial charge in [-0.2, -0.15) is 0 Å². The predicted molar refractivity (Wildman–Crippen MR) is 101 cm³/mol. The third-order valence-electron chi connectivity index (χ3n) is 3.92. The average molecular weight is 383 g/mol. The third-order valence-corrected chi connectivity index (χ3v) is 5.05. The zero-order chi connectivity index (χ0) is 19.6. The fourth-order valence-electron chi connectivity index (χ4n) is 2.60. The summed E-state index contributed by atoms with van der Waals surface area (Å²) in [6.07, 6.45) is 2.76. The van der Waals surface area contributed by atoms with Crippen LogP contribution in [-0.2, 0) is 9.84 Å². The van der Waals surface area contributed by atoms with Crippen molar-refractivity contribution >= 4 is 15.8 Å². The van der Waals surface area contributed by atoms with Crippen molar-refractivity contribution in [3.05, 3.63) is 71.9 Å². The maximum Gasteiger partial charge on any atom is 0.335 e. The minimum absolute atomic E-state index is 0.0697. The third kappa shape index (κ3) is 4.32. The highest BCUT2D eigenvalue weighted by atomic mass is 32.2. The number of hydrogen-bond donors (Lipinski definition) is 1. The Kier molecular flexibility index (Phi) is 4.96. The summed E-state index contributed by atoms with van der Waals surface area (Å²) in [7, 11) is -3.30. The van der Waals surface area contributed by atoms with Crippen LogP contribution in [0.4, 0.5) is 0 Å². The molecule has 1 aromatic heterocycles. The van der Waals surface area contributed by atoms with E-state index in [1.54, 1.807) is 18.3 Å². The number of aromatic nitrogens is 1. The lowest BCUT2D eigenvalue weighted by atomic mass is 10.0. The molecule has 2 aromatic carbocycles. The van der Waals surface area contributed by atoms with E-state index in [4.69, 9.17) is 4.74 Å². The van der Waals surface area contributed by atoms with E-state index < -0.39 is 15.8 Å². The number of benzene rings is 2. The lowest BCUT2D eigenvalue weighted by Crippen LogP contribution is -1.99. The molecule has 0 fully saturated rings. The summed E-state index contributed by atoms with van der Waals surface area (Å²) in [4.78, 5) is 16.0. The minimum Gasteiger partial charge on any atom is -0.478 e. The summed E-state index contributed by atoms with van der Waals surface area (Å²) >= 11 is 0. The van der Waals surface area contributed by atoms with Crippen LogP contribution >= 0.6 is 0 Å². The molecule has 0 amide bonds. The molecule has 0 aliphatic carbocycles. The van der Waals surface area contributed by atoms with Crippen LogP contribution in [0.1, 0.15) is 15.9 Å². The van der Waals surface area contributed by atoms with E-state index in [9.17, 15) is 18.3 Å². The number of pyridine rings is 1. The topological polar surface area (TPSA) is 93.6 Å². The van der Waals surface area contributed by atoms with E-state index in [0.717, 1.165) is 11.8 Å². The second-order valence-electron chi connectivity index (χ2n) is 6.07. The second-order valence-corrected chi connectivity index (χ2v) is 8.08. The van der Waals surface area contributed by atoms with Crippen LogP contribution in [0.25, 0.3) is 11.3 Å². The molecular weight excluding hydrogens is 366 g/mol. The number of hydrogen-bond acceptors (Lipinski definition) is 5. The van der Waals surface area contributed by atoms with Crippen LogP contribution in [-0.4, -0.2) is 30.7 Å². The Labute approximate surface area is 157 Å². The minimum atomic E-state index is -3.30. The molecule has 3 rings (SSSR count). The molecule has 0 spiro atoms. The van der Waals surface area contributed by atoms with Gasteiger partial charge in [-0.1, -0.05) is 6.07 Å². The number of rotatable bonds is 5. The number of aryl methyl sites for hydroxylation is 1. The summed E-state index contributed by atoms with van der Waals surface area (Å²) in [5.74, 6) is -0.363. The van der Waals surface area contributed by atoms with E-state index in [2.05, 4.69) is 4.98 Å². The van der Waals surface area contributed by atoms with Gasteiger partial charge in [-0.05, 0) is 61.0 Å². The van der Waals surface area contributed by atoms with Crippen molar-refractivity contribution in [1.82, 2.24) is 4.98 Å². The number of carbonyl (C=O) groups is 1. The summed E-state index contributed by atoms with van der Waals surface area (Å²) in [5.41, 5.74) is 2.26. The number of carboxylic acid groups (broad SMARTS) is 1. The van der Waals surface area contributed by atoms with Crippen LogP contribution in [0.15, 0.2) is 65.7 Å². The molecule has 0 unspecified atom stereocenters. The van der Waals surface area contributed by atoms with Gasteiger partial charge in [0.05, 0.1) is 16.2 Å². The van der Waals surface area contributed by atoms with Gasteiger partial charge in [0.1, 0.15) is 11.5 Å². The van der Waals surface area contributed by atoms with E-state index >= 15 is 0 Å². The molecule has 0 bridgehead atoms. The molecule has 138 valence electrons. The largest absolute Gasteiger partial charge is 0.478 e. The van der Waals surface area contributed by atoms with Gasteiger partial charge >= 0.3 is 5.97 Å². The van der Waals surface area contributed by atoms with Gasteiger partial charge in [0.25, 0.3) is 0 Å². The van der Waals surface area contributed by atoms with Crippen molar-refractivity contribution in [3.8, 4) is 22.8 Å². The summed E-state index contributed by atoms with van der Waals surface area (Å²) in [6.45, 7) is 1.89. The van der Waals surface area contributed by atoms with Gasteiger partial charge in [-0.15, -0.1) is 0 Å². The zero-order valence-corrected chi connectivity index (χ0v) is 15.5. The van der Waals surface area contributed by atoms with Gasteiger partial charge in [-0.25, -0.2) is 13.2 Å². The first-order valence-electron chi connectivity index (χ1n) is 8.02. The molecule has 0 aliphatic rings. The van der Waals surface area contributed by atoms with Crippen molar-refractivity contribution in [2.45, 2.75) is 11.8 Å². The van der Waals surface area contributed by atoms with E-state index in [1.807, 2.05) is 13.0 Å². The lowest BCUT2D eigenvalue weighted by Gasteiger charge is -2.11. The fraction of sp³-hybridized carbons (Fsp3) is 0.100. The monoisotopic (exact) mass is 383 g/mol. The molecule has 0 radical (unpaired) electrons. The molecule has 1 heterocycles. The number of sulfone groups is 1. The number of nitrogens with zero attached hydrogens (tertiary/aromatic N) is 1. The second kappa shape index (κ2) is 7.20.